The first-order valence-corrected chi connectivity index (χ1v) is 11.1. The summed E-state index contributed by atoms with van der Waals surface area (Å²) >= 11 is 0. The molecule has 0 saturated heterocycles. The van der Waals surface area contributed by atoms with Gasteiger partial charge in [-0.2, -0.15) is 13.2 Å². The van der Waals surface area contributed by atoms with Crippen LogP contribution in [0.2, 0.25) is 0 Å². The molecule has 3 aromatic rings. The molecule has 1 fully saturated rings. The lowest BCUT2D eigenvalue weighted by molar-refractivity contribution is -0.136. The summed E-state index contributed by atoms with van der Waals surface area (Å²) in [4.78, 5) is 13.0. The number of alkyl halides is 3. The van der Waals surface area contributed by atoms with E-state index in [0.717, 1.165) is 30.0 Å². The van der Waals surface area contributed by atoms with Gasteiger partial charge in [0.1, 0.15) is 11.6 Å². The molecule has 0 unspecified atom stereocenters. The van der Waals surface area contributed by atoms with Gasteiger partial charge in [0.05, 0.1) is 17.9 Å². The lowest BCUT2D eigenvalue weighted by Gasteiger charge is -2.17. The average Bonchev–Trinajstić information content (AvgIpc) is 3.59. The van der Waals surface area contributed by atoms with Gasteiger partial charge in [-0.3, -0.25) is 4.79 Å². The Morgan fingerprint density at radius 1 is 1.00 bits per heavy atom. The van der Waals surface area contributed by atoms with Gasteiger partial charge in [0.25, 0.3) is 5.91 Å². The number of hydrogen-bond acceptors (Lipinski definition) is 2. The number of rotatable bonds is 7. The van der Waals surface area contributed by atoms with E-state index in [1.807, 2.05) is 0 Å². The lowest BCUT2D eigenvalue weighted by atomic mass is 10.0. The molecule has 1 N–H and O–H groups in total. The maximum Gasteiger partial charge on any atom is 0.418 e. The van der Waals surface area contributed by atoms with Crippen LogP contribution in [0.25, 0.3) is 0 Å². The molecule has 1 aliphatic carbocycles. The monoisotopic (exact) mass is 471 g/mol. The summed E-state index contributed by atoms with van der Waals surface area (Å²) < 4.78 is 59.4. The van der Waals surface area contributed by atoms with Crippen LogP contribution in [0.15, 0.2) is 54.6 Å². The zero-order valence-electron chi connectivity index (χ0n) is 18.9. The summed E-state index contributed by atoms with van der Waals surface area (Å²) in [6, 6.07) is 13.5. The predicted molar refractivity (Wildman–Crippen MR) is 123 cm³/mol. The third-order valence-electron chi connectivity index (χ3n) is 5.95. The first-order chi connectivity index (χ1) is 16.1. The number of amides is 1. The first-order valence-electron chi connectivity index (χ1n) is 11.1. The zero-order valence-corrected chi connectivity index (χ0v) is 18.9. The van der Waals surface area contributed by atoms with E-state index in [9.17, 15) is 22.4 Å². The summed E-state index contributed by atoms with van der Waals surface area (Å²) in [6.07, 6.45) is -2.10. The lowest BCUT2D eigenvalue weighted by Crippen LogP contribution is -2.19. The maximum absolute atomic E-state index is 13.5. The molecule has 1 amide bonds. The summed E-state index contributed by atoms with van der Waals surface area (Å²) in [5.41, 5.74) is 2.17. The Morgan fingerprint density at radius 2 is 1.65 bits per heavy atom. The smallest absolute Gasteiger partial charge is 0.418 e. The molecule has 7 heteroatoms. The molecule has 0 heterocycles. The molecule has 3 aromatic carbocycles. The first kappa shape index (κ1) is 23.8. The van der Waals surface area contributed by atoms with E-state index in [2.05, 4.69) is 5.32 Å². The van der Waals surface area contributed by atoms with E-state index in [4.69, 9.17) is 4.74 Å². The highest BCUT2D eigenvalue weighted by atomic mass is 19.4. The number of carbonyl (C=O) groups is 1. The fraction of sp³-hybridized carbons (Fsp3) is 0.296. The van der Waals surface area contributed by atoms with Crippen LogP contribution in [0.3, 0.4) is 0 Å². The minimum absolute atomic E-state index is 0.222. The molecule has 4 rings (SSSR count). The number of anilines is 1. The quantitative estimate of drug-likeness (QED) is 0.370. The summed E-state index contributed by atoms with van der Waals surface area (Å²) in [6.45, 7) is 3.80. The predicted octanol–water partition coefficient (Wildman–Crippen LogP) is 7.21. The van der Waals surface area contributed by atoms with Gasteiger partial charge < -0.3 is 10.1 Å². The van der Waals surface area contributed by atoms with Gasteiger partial charge in [-0.1, -0.05) is 18.2 Å². The van der Waals surface area contributed by atoms with Crippen LogP contribution in [0.4, 0.5) is 23.2 Å². The number of carbonyl (C=O) groups excluding carboxylic acids is 1. The van der Waals surface area contributed by atoms with E-state index in [-0.39, 0.29) is 17.4 Å². The molecule has 0 aromatic heterocycles. The molecule has 3 nitrogen and oxygen atoms in total. The second-order valence-electron chi connectivity index (χ2n) is 8.69. The van der Waals surface area contributed by atoms with Gasteiger partial charge in [0, 0.05) is 12.0 Å². The Hall–Kier alpha value is -3.35. The van der Waals surface area contributed by atoms with Crippen molar-refractivity contribution in [3.05, 3.63) is 93.8 Å². The molecule has 178 valence electrons. The average molecular weight is 471 g/mol. The molecule has 0 bridgehead atoms. The molecule has 0 spiro atoms. The van der Waals surface area contributed by atoms with Gasteiger partial charge in [0.2, 0.25) is 0 Å². The van der Waals surface area contributed by atoms with Crippen LogP contribution in [0.1, 0.15) is 56.9 Å². The van der Waals surface area contributed by atoms with Gasteiger partial charge in [-0.15, -0.1) is 0 Å². The summed E-state index contributed by atoms with van der Waals surface area (Å²) in [7, 11) is 0. The Morgan fingerprint density at radius 3 is 2.24 bits per heavy atom. The Bertz CT molecular complexity index is 1180. The van der Waals surface area contributed by atoms with Crippen LogP contribution in [-0.2, 0) is 12.6 Å². The van der Waals surface area contributed by atoms with Gasteiger partial charge in [0.15, 0.2) is 0 Å². The SMILES string of the molecule is Cc1cc(OCCc2ccc(F)cc2)cc(C)c1C(=O)Nc1cc(C2CC2)ccc1C(F)(F)F. The Balaban J connectivity index is 1.49. The van der Waals surface area contributed by atoms with Gasteiger partial charge in [-0.05, 0) is 91.3 Å². The number of hydrogen-bond donors (Lipinski definition) is 1. The zero-order chi connectivity index (χ0) is 24.5. The van der Waals surface area contributed by atoms with Crippen LogP contribution >= 0.6 is 0 Å². The molecule has 0 radical (unpaired) electrons. The number of aryl methyl sites for hydroxylation is 2. The van der Waals surface area contributed by atoms with Gasteiger partial charge >= 0.3 is 6.18 Å². The molecule has 0 atom stereocenters. The molecule has 1 saturated carbocycles. The van der Waals surface area contributed by atoms with Crippen molar-refractivity contribution in [3.8, 4) is 5.75 Å². The van der Waals surface area contributed by atoms with Crippen LogP contribution in [0.5, 0.6) is 5.75 Å². The largest absolute Gasteiger partial charge is 0.493 e. The van der Waals surface area contributed by atoms with E-state index in [0.29, 0.717) is 35.5 Å². The van der Waals surface area contributed by atoms with Gasteiger partial charge in [-0.25, -0.2) is 4.39 Å². The number of benzene rings is 3. The highest BCUT2D eigenvalue weighted by molar-refractivity contribution is 6.06. The molecule has 34 heavy (non-hydrogen) atoms. The minimum atomic E-state index is -4.57. The van der Waals surface area contributed by atoms with E-state index >= 15 is 0 Å². The fourth-order valence-electron chi connectivity index (χ4n) is 4.07. The van der Waals surface area contributed by atoms with Crippen molar-refractivity contribution >= 4 is 11.6 Å². The third-order valence-corrected chi connectivity index (χ3v) is 5.95. The third kappa shape index (κ3) is 5.58. The molecule has 0 aliphatic heterocycles. The number of ether oxygens (including phenoxy) is 1. The van der Waals surface area contributed by atoms with E-state index in [1.54, 1.807) is 38.1 Å². The molecular weight excluding hydrogens is 446 g/mol. The van der Waals surface area contributed by atoms with Crippen molar-refractivity contribution in [2.75, 3.05) is 11.9 Å². The number of halogens is 4. The number of nitrogens with one attached hydrogen (secondary N) is 1. The summed E-state index contributed by atoms with van der Waals surface area (Å²) in [5, 5.41) is 2.50. The standard InChI is InChI=1S/C27H25F4NO2/c1-16-13-22(34-12-11-18-3-8-21(28)9-4-18)14-17(2)25(16)26(33)32-24-15-20(19-5-6-19)7-10-23(24)27(29,30)31/h3-4,7-10,13-15,19H,5-6,11-12H2,1-2H3,(H,32,33). The van der Waals surface area contributed by atoms with Crippen LogP contribution in [0, 0.1) is 19.7 Å². The van der Waals surface area contributed by atoms with Crippen molar-refractivity contribution in [2.45, 2.75) is 45.2 Å². The molecular formula is C27H25F4NO2. The van der Waals surface area contributed by atoms with Crippen LogP contribution < -0.4 is 10.1 Å². The van der Waals surface area contributed by atoms with E-state index < -0.39 is 17.6 Å². The van der Waals surface area contributed by atoms with Crippen molar-refractivity contribution in [1.29, 1.82) is 0 Å². The van der Waals surface area contributed by atoms with Crippen molar-refractivity contribution in [3.63, 3.8) is 0 Å². The van der Waals surface area contributed by atoms with E-state index in [1.165, 1.54) is 24.3 Å². The Kier molecular flexibility index (Phi) is 6.64. The Labute approximate surface area is 195 Å². The highest BCUT2D eigenvalue weighted by Crippen LogP contribution is 2.43. The van der Waals surface area contributed by atoms with Crippen molar-refractivity contribution < 1.29 is 27.1 Å². The topological polar surface area (TPSA) is 38.3 Å². The maximum atomic E-state index is 13.5. The normalized spacial score (nSPS) is 13.6. The van der Waals surface area contributed by atoms with Crippen molar-refractivity contribution in [2.24, 2.45) is 0 Å². The summed E-state index contributed by atoms with van der Waals surface area (Å²) in [5.74, 6) is -0.0779. The second kappa shape index (κ2) is 9.49. The minimum Gasteiger partial charge on any atom is -0.493 e. The fourth-order valence-corrected chi connectivity index (χ4v) is 4.07. The van der Waals surface area contributed by atoms with Crippen molar-refractivity contribution in [1.82, 2.24) is 0 Å². The van der Waals surface area contributed by atoms with Crippen LogP contribution in [-0.4, -0.2) is 12.5 Å². The highest BCUT2D eigenvalue weighted by Gasteiger charge is 2.35. The second-order valence-corrected chi connectivity index (χ2v) is 8.69. The molecule has 1 aliphatic rings.